The van der Waals surface area contributed by atoms with Gasteiger partial charge in [-0.1, -0.05) is 42.0 Å². The van der Waals surface area contributed by atoms with Crippen LogP contribution in [0.1, 0.15) is 35.2 Å². The van der Waals surface area contributed by atoms with Gasteiger partial charge in [-0.2, -0.15) is 0 Å². The Kier molecular flexibility index (Phi) is 3.98. The van der Waals surface area contributed by atoms with E-state index in [1.165, 1.54) is 34.4 Å². The van der Waals surface area contributed by atoms with E-state index in [0.717, 1.165) is 13.1 Å². The number of nitrogens with one attached hydrogen (secondary N) is 1. The van der Waals surface area contributed by atoms with Crippen LogP contribution < -0.4 is 10.2 Å². The molecule has 0 aliphatic carbocycles. The van der Waals surface area contributed by atoms with Crippen LogP contribution in [0.15, 0.2) is 42.5 Å². The molecular weight excluding hydrogens is 256 g/mol. The lowest BCUT2D eigenvalue weighted by Gasteiger charge is -2.16. The summed E-state index contributed by atoms with van der Waals surface area (Å²) in [5, 5.41) is 3.62. The molecule has 0 saturated heterocycles. The highest BCUT2D eigenvalue weighted by molar-refractivity contribution is 5.58. The standard InChI is InChI=1S/C19H24N2/c1-14-4-7-17(8-5-14)15(2)20-13-16-6-9-19-18(12-16)10-11-21(19)3/h4-9,12,15,20H,10-11,13H2,1-3H3. The molecule has 2 heteroatoms. The summed E-state index contributed by atoms with van der Waals surface area (Å²) in [6.45, 7) is 6.42. The molecule has 1 heterocycles. The van der Waals surface area contributed by atoms with E-state index in [0.29, 0.717) is 6.04 Å². The van der Waals surface area contributed by atoms with Crippen molar-refractivity contribution in [2.75, 3.05) is 18.5 Å². The maximum absolute atomic E-state index is 3.62. The third-order valence-corrected chi connectivity index (χ3v) is 4.46. The summed E-state index contributed by atoms with van der Waals surface area (Å²) in [4.78, 5) is 2.33. The Labute approximate surface area is 127 Å². The van der Waals surface area contributed by atoms with E-state index in [2.05, 4.69) is 73.6 Å². The fraction of sp³-hybridized carbons (Fsp3) is 0.368. The summed E-state index contributed by atoms with van der Waals surface area (Å²) in [7, 11) is 2.17. The van der Waals surface area contributed by atoms with Gasteiger partial charge in [0.15, 0.2) is 0 Å². The first-order valence-corrected chi connectivity index (χ1v) is 7.76. The zero-order chi connectivity index (χ0) is 14.8. The Morgan fingerprint density at radius 3 is 2.67 bits per heavy atom. The van der Waals surface area contributed by atoms with Gasteiger partial charge in [-0.15, -0.1) is 0 Å². The second-order valence-corrected chi connectivity index (χ2v) is 6.15. The van der Waals surface area contributed by atoms with Gasteiger partial charge < -0.3 is 10.2 Å². The molecule has 0 bridgehead atoms. The van der Waals surface area contributed by atoms with Gasteiger partial charge in [-0.05, 0) is 43.0 Å². The maximum atomic E-state index is 3.62. The second kappa shape index (κ2) is 5.90. The van der Waals surface area contributed by atoms with E-state index in [-0.39, 0.29) is 0 Å². The smallest absolute Gasteiger partial charge is 0.0397 e. The van der Waals surface area contributed by atoms with E-state index in [4.69, 9.17) is 0 Å². The van der Waals surface area contributed by atoms with Crippen LogP contribution in [0.5, 0.6) is 0 Å². The molecule has 2 nitrogen and oxygen atoms in total. The van der Waals surface area contributed by atoms with Crippen LogP contribution in [0.25, 0.3) is 0 Å². The summed E-state index contributed by atoms with van der Waals surface area (Å²) < 4.78 is 0. The number of likely N-dealkylation sites (N-methyl/N-ethyl adjacent to an activating group) is 1. The molecule has 0 aromatic heterocycles. The molecule has 0 saturated carbocycles. The van der Waals surface area contributed by atoms with Gasteiger partial charge >= 0.3 is 0 Å². The van der Waals surface area contributed by atoms with Crippen LogP contribution >= 0.6 is 0 Å². The molecule has 1 atom stereocenters. The van der Waals surface area contributed by atoms with E-state index in [1.807, 2.05) is 0 Å². The van der Waals surface area contributed by atoms with Gasteiger partial charge in [0.05, 0.1) is 0 Å². The molecule has 0 radical (unpaired) electrons. The molecule has 21 heavy (non-hydrogen) atoms. The van der Waals surface area contributed by atoms with Crippen molar-refractivity contribution in [2.45, 2.75) is 32.9 Å². The summed E-state index contributed by atoms with van der Waals surface area (Å²) in [6, 6.07) is 16.0. The van der Waals surface area contributed by atoms with Crippen LogP contribution in [0.3, 0.4) is 0 Å². The van der Waals surface area contributed by atoms with Crippen LogP contribution in [-0.4, -0.2) is 13.6 Å². The third-order valence-electron chi connectivity index (χ3n) is 4.46. The molecule has 3 rings (SSSR count). The minimum atomic E-state index is 0.376. The van der Waals surface area contributed by atoms with Gasteiger partial charge in [-0.25, -0.2) is 0 Å². The molecule has 110 valence electrons. The number of hydrogen-bond donors (Lipinski definition) is 1. The van der Waals surface area contributed by atoms with Crippen molar-refractivity contribution < 1.29 is 0 Å². The van der Waals surface area contributed by atoms with Crippen molar-refractivity contribution in [1.82, 2.24) is 5.32 Å². The van der Waals surface area contributed by atoms with Crippen LogP contribution in [-0.2, 0) is 13.0 Å². The molecule has 1 aliphatic heterocycles. The summed E-state index contributed by atoms with van der Waals surface area (Å²) >= 11 is 0. The molecule has 2 aromatic rings. The lowest BCUT2D eigenvalue weighted by atomic mass is 10.1. The number of aryl methyl sites for hydroxylation is 1. The van der Waals surface area contributed by atoms with E-state index >= 15 is 0 Å². The van der Waals surface area contributed by atoms with Crippen LogP contribution in [0, 0.1) is 6.92 Å². The zero-order valence-electron chi connectivity index (χ0n) is 13.2. The molecule has 1 unspecified atom stereocenters. The van der Waals surface area contributed by atoms with Crippen molar-refractivity contribution >= 4 is 5.69 Å². The normalized spacial score (nSPS) is 15.1. The number of nitrogens with zero attached hydrogens (tertiary/aromatic N) is 1. The number of benzene rings is 2. The Morgan fingerprint density at radius 1 is 1.14 bits per heavy atom. The fourth-order valence-corrected chi connectivity index (χ4v) is 2.97. The fourth-order valence-electron chi connectivity index (χ4n) is 2.97. The van der Waals surface area contributed by atoms with Crippen molar-refractivity contribution in [3.63, 3.8) is 0 Å². The predicted molar refractivity (Wildman–Crippen MR) is 89.8 cm³/mol. The quantitative estimate of drug-likeness (QED) is 0.915. The topological polar surface area (TPSA) is 15.3 Å². The molecule has 0 fully saturated rings. The summed E-state index contributed by atoms with van der Waals surface area (Å²) in [6.07, 6.45) is 1.17. The van der Waals surface area contributed by atoms with Gasteiger partial charge in [0.2, 0.25) is 0 Å². The van der Waals surface area contributed by atoms with E-state index in [1.54, 1.807) is 0 Å². The monoisotopic (exact) mass is 280 g/mol. The predicted octanol–water partition coefficient (Wildman–Crippen LogP) is 3.84. The average molecular weight is 280 g/mol. The number of fused-ring (bicyclic) bond motifs is 1. The van der Waals surface area contributed by atoms with Gasteiger partial charge in [0, 0.05) is 31.9 Å². The van der Waals surface area contributed by atoms with Crippen molar-refractivity contribution in [3.8, 4) is 0 Å². The first kappa shape index (κ1) is 14.2. The first-order chi connectivity index (χ1) is 10.1. The molecule has 0 amide bonds. The van der Waals surface area contributed by atoms with Gasteiger partial charge in [0.1, 0.15) is 0 Å². The number of hydrogen-bond acceptors (Lipinski definition) is 2. The van der Waals surface area contributed by atoms with Crippen molar-refractivity contribution in [1.29, 1.82) is 0 Å². The molecule has 0 spiro atoms. The highest BCUT2D eigenvalue weighted by atomic mass is 15.1. The zero-order valence-corrected chi connectivity index (χ0v) is 13.2. The van der Waals surface area contributed by atoms with Crippen LogP contribution in [0.2, 0.25) is 0 Å². The van der Waals surface area contributed by atoms with E-state index in [9.17, 15) is 0 Å². The molecular formula is C19H24N2. The molecule has 1 N–H and O–H groups in total. The lowest BCUT2D eigenvalue weighted by Crippen LogP contribution is -2.18. The SMILES string of the molecule is Cc1ccc(C(C)NCc2ccc3c(c2)CCN3C)cc1. The number of rotatable bonds is 4. The molecule has 1 aliphatic rings. The summed E-state index contributed by atoms with van der Waals surface area (Å²) in [5.41, 5.74) is 6.92. The third kappa shape index (κ3) is 3.11. The lowest BCUT2D eigenvalue weighted by molar-refractivity contribution is 0.574. The summed E-state index contributed by atoms with van der Waals surface area (Å²) in [5.74, 6) is 0. The Hall–Kier alpha value is -1.80. The maximum Gasteiger partial charge on any atom is 0.0397 e. The largest absolute Gasteiger partial charge is 0.374 e. The molecule has 2 aromatic carbocycles. The van der Waals surface area contributed by atoms with Gasteiger partial charge in [0.25, 0.3) is 0 Å². The Balaban J connectivity index is 1.64. The average Bonchev–Trinajstić information content (AvgIpc) is 2.86. The minimum absolute atomic E-state index is 0.376. The highest BCUT2D eigenvalue weighted by Crippen LogP contribution is 2.27. The minimum Gasteiger partial charge on any atom is -0.374 e. The Morgan fingerprint density at radius 2 is 1.90 bits per heavy atom. The van der Waals surface area contributed by atoms with Crippen molar-refractivity contribution in [2.24, 2.45) is 0 Å². The van der Waals surface area contributed by atoms with Crippen molar-refractivity contribution in [3.05, 3.63) is 64.7 Å². The number of anilines is 1. The van der Waals surface area contributed by atoms with Crippen LogP contribution in [0.4, 0.5) is 5.69 Å². The van der Waals surface area contributed by atoms with E-state index < -0.39 is 0 Å². The Bertz CT molecular complexity index is 616. The van der Waals surface area contributed by atoms with Gasteiger partial charge in [-0.3, -0.25) is 0 Å². The second-order valence-electron chi connectivity index (χ2n) is 6.15. The first-order valence-electron chi connectivity index (χ1n) is 7.76. The highest BCUT2D eigenvalue weighted by Gasteiger charge is 2.15.